The minimum absolute atomic E-state index is 0.178. The first-order chi connectivity index (χ1) is 14.0. The lowest BCUT2D eigenvalue weighted by atomic mass is 10.1. The maximum atomic E-state index is 12.6. The number of carbonyl (C=O) groups is 1. The van der Waals surface area contributed by atoms with E-state index in [9.17, 15) is 4.79 Å². The Morgan fingerprint density at radius 3 is 2.31 bits per heavy atom. The van der Waals surface area contributed by atoms with Crippen LogP contribution in [0.15, 0.2) is 36.4 Å². The fourth-order valence-corrected chi connectivity index (χ4v) is 4.02. The number of piperazine rings is 1. The average molecular weight is 437 g/mol. The molecule has 7 heteroatoms. The van der Waals surface area contributed by atoms with Crippen molar-refractivity contribution in [2.75, 3.05) is 40.4 Å². The smallest absolute Gasteiger partial charge is 0.222 e. The lowest BCUT2D eigenvalue weighted by Gasteiger charge is -2.35. The molecule has 1 saturated heterocycles. The monoisotopic (exact) mass is 436 g/mol. The molecular weight excluding hydrogens is 411 g/mol. The van der Waals surface area contributed by atoms with Crippen molar-refractivity contribution in [1.82, 2.24) is 9.80 Å². The molecule has 0 atom stereocenters. The molecule has 1 heterocycles. The van der Waals surface area contributed by atoms with Crippen molar-refractivity contribution in [2.45, 2.75) is 19.4 Å². The molecule has 0 spiro atoms. The van der Waals surface area contributed by atoms with Gasteiger partial charge in [-0.05, 0) is 42.3 Å². The van der Waals surface area contributed by atoms with E-state index in [1.807, 2.05) is 41.3 Å². The number of ether oxygens (including phenoxy) is 2. The highest BCUT2D eigenvalue weighted by atomic mass is 35.5. The van der Waals surface area contributed by atoms with E-state index < -0.39 is 0 Å². The second-order valence-corrected chi connectivity index (χ2v) is 7.93. The lowest BCUT2D eigenvalue weighted by molar-refractivity contribution is -0.133. The molecule has 2 aromatic rings. The number of nitrogens with zero attached hydrogens (tertiary/aromatic N) is 2. The minimum atomic E-state index is 0.178. The highest BCUT2D eigenvalue weighted by Crippen LogP contribution is 2.26. The number of amides is 1. The fourth-order valence-electron chi connectivity index (χ4n) is 3.54. The van der Waals surface area contributed by atoms with E-state index in [2.05, 4.69) is 4.90 Å². The molecule has 0 radical (unpaired) electrons. The predicted molar refractivity (Wildman–Crippen MR) is 116 cm³/mol. The van der Waals surface area contributed by atoms with Crippen LogP contribution in [-0.2, 0) is 17.8 Å². The lowest BCUT2D eigenvalue weighted by Crippen LogP contribution is -2.48. The number of methoxy groups -OCH3 is 2. The zero-order valence-corrected chi connectivity index (χ0v) is 18.3. The molecule has 1 fully saturated rings. The standard InChI is InChI=1S/C22H26Cl2N2O3/c1-28-20-7-5-18(23)14-17(20)15-25-9-11-26(12-10-25)22(27)8-4-16-3-6-21(29-2)19(24)13-16/h3,5-7,13-14H,4,8-12,15H2,1-2H3. The summed E-state index contributed by atoms with van der Waals surface area (Å²) in [5, 5.41) is 1.27. The third-order valence-corrected chi connectivity index (χ3v) is 5.74. The van der Waals surface area contributed by atoms with Crippen molar-refractivity contribution >= 4 is 29.1 Å². The number of rotatable bonds is 7. The van der Waals surface area contributed by atoms with Gasteiger partial charge in [0.1, 0.15) is 11.5 Å². The molecule has 1 aliphatic heterocycles. The number of halogens is 2. The molecule has 0 saturated carbocycles. The number of hydrogen-bond acceptors (Lipinski definition) is 4. The summed E-state index contributed by atoms with van der Waals surface area (Å²) in [5.74, 6) is 1.66. The van der Waals surface area contributed by atoms with Gasteiger partial charge in [-0.25, -0.2) is 0 Å². The van der Waals surface area contributed by atoms with E-state index in [1.54, 1.807) is 14.2 Å². The van der Waals surface area contributed by atoms with Gasteiger partial charge in [0, 0.05) is 49.7 Å². The van der Waals surface area contributed by atoms with E-state index >= 15 is 0 Å². The number of carbonyl (C=O) groups excluding carboxylic acids is 1. The highest BCUT2D eigenvalue weighted by molar-refractivity contribution is 6.32. The Morgan fingerprint density at radius 2 is 1.66 bits per heavy atom. The third-order valence-electron chi connectivity index (χ3n) is 5.21. The summed E-state index contributed by atoms with van der Waals surface area (Å²) >= 11 is 12.3. The SMILES string of the molecule is COc1ccc(CCC(=O)N2CCN(Cc3cc(Cl)ccc3OC)CC2)cc1Cl. The minimum Gasteiger partial charge on any atom is -0.496 e. The van der Waals surface area contributed by atoms with E-state index in [1.165, 1.54) is 0 Å². The summed E-state index contributed by atoms with van der Waals surface area (Å²) in [4.78, 5) is 16.9. The normalized spacial score (nSPS) is 14.7. The molecule has 0 aliphatic carbocycles. The van der Waals surface area contributed by atoms with Crippen molar-refractivity contribution in [2.24, 2.45) is 0 Å². The average Bonchev–Trinajstić information content (AvgIpc) is 2.73. The Morgan fingerprint density at radius 1 is 0.966 bits per heavy atom. The van der Waals surface area contributed by atoms with Crippen LogP contribution >= 0.6 is 23.2 Å². The Bertz CT molecular complexity index is 852. The molecule has 0 unspecified atom stereocenters. The van der Waals surface area contributed by atoms with Crippen LogP contribution in [0, 0.1) is 0 Å². The van der Waals surface area contributed by atoms with Crippen LogP contribution < -0.4 is 9.47 Å². The molecule has 1 amide bonds. The van der Waals surface area contributed by atoms with Crippen LogP contribution in [0.25, 0.3) is 0 Å². The van der Waals surface area contributed by atoms with E-state index in [0.717, 1.165) is 49.6 Å². The van der Waals surface area contributed by atoms with Gasteiger partial charge in [-0.3, -0.25) is 9.69 Å². The number of benzene rings is 2. The molecule has 29 heavy (non-hydrogen) atoms. The Labute approximate surface area is 182 Å². The summed E-state index contributed by atoms with van der Waals surface area (Å²) in [6.07, 6.45) is 1.15. The van der Waals surface area contributed by atoms with Gasteiger partial charge in [-0.15, -0.1) is 0 Å². The largest absolute Gasteiger partial charge is 0.496 e. The van der Waals surface area contributed by atoms with Gasteiger partial charge in [0.25, 0.3) is 0 Å². The first kappa shape index (κ1) is 21.8. The van der Waals surface area contributed by atoms with Crippen molar-refractivity contribution in [3.63, 3.8) is 0 Å². The topological polar surface area (TPSA) is 42.0 Å². The second-order valence-electron chi connectivity index (χ2n) is 7.08. The molecule has 0 bridgehead atoms. The fraction of sp³-hybridized carbons (Fsp3) is 0.409. The quantitative estimate of drug-likeness (QED) is 0.648. The molecule has 5 nitrogen and oxygen atoms in total. The van der Waals surface area contributed by atoms with Crippen LogP contribution in [0.1, 0.15) is 17.5 Å². The maximum Gasteiger partial charge on any atom is 0.222 e. The van der Waals surface area contributed by atoms with Crippen molar-refractivity contribution in [3.8, 4) is 11.5 Å². The Balaban J connectivity index is 1.48. The highest BCUT2D eigenvalue weighted by Gasteiger charge is 2.22. The van der Waals surface area contributed by atoms with Crippen molar-refractivity contribution in [3.05, 3.63) is 57.6 Å². The number of hydrogen-bond donors (Lipinski definition) is 0. The molecule has 156 valence electrons. The van der Waals surface area contributed by atoms with Gasteiger partial charge in [0.15, 0.2) is 0 Å². The first-order valence-electron chi connectivity index (χ1n) is 9.65. The molecule has 3 rings (SSSR count). The van der Waals surface area contributed by atoms with Crippen molar-refractivity contribution < 1.29 is 14.3 Å². The van der Waals surface area contributed by atoms with Gasteiger partial charge in [-0.2, -0.15) is 0 Å². The summed E-state index contributed by atoms with van der Waals surface area (Å²) in [5.41, 5.74) is 2.10. The Kier molecular flexibility index (Phi) is 7.64. The van der Waals surface area contributed by atoms with E-state index in [0.29, 0.717) is 28.6 Å². The molecule has 0 N–H and O–H groups in total. The van der Waals surface area contributed by atoms with Crippen LogP contribution in [0.4, 0.5) is 0 Å². The van der Waals surface area contributed by atoms with Gasteiger partial charge < -0.3 is 14.4 Å². The van der Waals surface area contributed by atoms with Gasteiger partial charge in [-0.1, -0.05) is 29.3 Å². The number of aryl methyl sites for hydroxylation is 1. The second kappa shape index (κ2) is 10.2. The van der Waals surface area contributed by atoms with Gasteiger partial charge >= 0.3 is 0 Å². The first-order valence-corrected chi connectivity index (χ1v) is 10.4. The van der Waals surface area contributed by atoms with E-state index in [-0.39, 0.29) is 5.91 Å². The molecule has 2 aromatic carbocycles. The Hall–Kier alpha value is -1.95. The molecular formula is C22H26Cl2N2O3. The molecule has 1 aliphatic rings. The van der Waals surface area contributed by atoms with Crippen LogP contribution in [-0.4, -0.2) is 56.1 Å². The van der Waals surface area contributed by atoms with Crippen LogP contribution in [0.3, 0.4) is 0 Å². The maximum absolute atomic E-state index is 12.6. The summed E-state index contributed by atoms with van der Waals surface area (Å²) in [6, 6.07) is 11.3. The van der Waals surface area contributed by atoms with Gasteiger partial charge in [0.2, 0.25) is 5.91 Å². The van der Waals surface area contributed by atoms with Crippen LogP contribution in [0.5, 0.6) is 11.5 Å². The van der Waals surface area contributed by atoms with Crippen LogP contribution in [0.2, 0.25) is 10.0 Å². The van der Waals surface area contributed by atoms with Gasteiger partial charge in [0.05, 0.1) is 19.2 Å². The summed E-state index contributed by atoms with van der Waals surface area (Å²) < 4.78 is 10.6. The zero-order valence-electron chi connectivity index (χ0n) is 16.8. The van der Waals surface area contributed by atoms with E-state index in [4.69, 9.17) is 32.7 Å². The summed E-state index contributed by atoms with van der Waals surface area (Å²) in [6.45, 7) is 3.87. The summed E-state index contributed by atoms with van der Waals surface area (Å²) in [7, 11) is 3.26. The zero-order chi connectivity index (χ0) is 20.8. The van der Waals surface area contributed by atoms with Crippen molar-refractivity contribution in [1.29, 1.82) is 0 Å². The predicted octanol–water partition coefficient (Wildman–Crippen LogP) is 4.29. The third kappa shape index (κ3) is 5.78. The molecule has 0 aromatic heterocycles.